The lowest BCUT2D eigenvalue weighted by molar-refractivity contribution is 0.318. The van der Waals surface area contributed by atoms with Gasteiger partial charge in [-0.25, -0.2) is 13.1 Å². The molecule has 1 heterocycles. The van der Waals surface area contributed by atoms with E-state index in [1.807, 2.05) is 33.8 Å². The predicted molar refractivity (Wildman–Crippen MR) is 88.3 cm³/mol. The van der Waals surface area contributed by atoms with Crippen molar-refractivity contribution in [3.8, 4) is 0 Å². The molecule has 0 radical (unpaired) electrons. The molecule has 1 atom stereocenters. The summed E-state index contributed by atoms with van der Waals surface area (Å²) in [6, 6.07) is 4.23. The minimum absolute atomic E-state index is 0.0959. The van der Waals surface area contributed by atoms with E-state index in [4.69, 9.17) is 0 Å². The second kappa shape index (κ2) is 6.36. The van der Waals surface area contributed by atoms with Gasteiger partial charge in [0.15, 0.2) is 0 Å². The molecule has 1 saturated carbocycles. The smallest absolute Gasteiger partial charge is 0.250 e. The number of hydrogen-bond donors (Lipinski definition) is 2. The zero-order chi connectivity index (χ0) is 15.7. The van der Waals surface area contributed by atoms with Crippen molar-refractivity contribution < 1.29 is 8.42 Å². The fourth-order valence-corrected chi connectivity index (χ4v) is 4.61. The van der Waals surface area contributed by atoms with Crippen LogP contribution in [0.1, 0.15) is 45.4 Å². The molecule has 1 aromatic rings. The fraction of sp³-hybridized carbons (Fsp3) is 0.733. The second-order valence-corrected chi connectivity index (χ2v) is 10.0. The molecule has 1 aromatic heterocycles. The Hall–Kier alpha value is -0.430. The molecule has 1 fully saturated rings. The predicted octanol–water partition coefficient (Wildman–Crippen LogP) is 2.76. The van der Waals surface area contributed by atoms with Gasteiger partial charge in [-0.3, -0.25) is 0 Å². The van der Waals surface area contributed by atoms with Crippen molar-refractivity contribution in [2.75, 3.05) is 6.54 Å². The lowest BCUT2D eigenvalue weighted by Gasteiger charge is -2.27. The van der Waals surface area contributed by atoms with Gasteiger partial charge < -0.3 is 5.32 Å². The Kier molecular flexibility index (Phi) is 5.13. The van der Waals surface area contributed by atoms with E-state index in [-0.39, 0.29) is 11.5 Å². The van der Waals surface area contributed by atoms with Crippen LogP contribution in [0.2, 0.25) is 0 Å². The molecule has 2 rings (SSSR count). The summed E-state index contributed by atoms with van der Waals surface area (Å²) in [5, 5.41) is 3.45. The van der Waals surface area contributed by atoms with E-state index in [1.54, 1.807) is 6.07 Å². The maximum absolute atomic E-state index is 12.4. The maximum Gasteiger partial charge on any atom is 0.250 e. The van der Waals surface area contributed by atoms with Crippen LogP contribution in [0.4, 0.5) is 0 Å². The van der Waals surface area contributed by atoms with Crippen molar-refractivity contribution in [2.45, 2.75) is 63.3 Å². The molecular weight excluding hydrogens is 304 g/mol. The first-order valence-corrected chi connectivity index (χ1v) is 9.83. The molecule has 0 aliphatic heterocycles. The van der Waals surface area contributed by atoms with Gasteiger partial charge in [0.25, 0.3) is 0 Å². The van der Waals surface area contributed by atoms with Gasteiger partial charge in [0, 0.05) is 23.5 Å². The van der Waals surface area contributed by atoms with Gasteiger partial charge in [0.05, 0.1) is 0 Å². The summed E-state index contributed by atoms with van der Waals surface area (Å²) in [5.41, 5.74) is -0.0959. The molecular formula is C15H26N2O2S2. The van der Waals surface area contributed by atoms with E-state index in [2.05, 4.69) is 10.0 Å². The molecule has 0 saturated heterocycles. The Morgan fingerprint density at radius 2 is 2.00 bits per heavy atom. The van der Waals surface area contributed by atoms with Crippen LogP contribution in [0, 0.1) is 5.41 Å². The SMILES string of the molecule is CC(NS(=O)(=O)c1ccc(CCNC2CC2)s1)C(C)(C)C. The van der Waals surface area contributed by atoms with Crippen molar-refractivity contribution in [3.05, 3.63) is 17.0 Å². The number of hydrogen-bond acceptors (Lipinski definition) is 4. The fourth-order valence-electron chi connectivity index (χ4n) is 1.79. The third-order valence-corrected chi connectivity index (χ3v) is 7.09. The standard InChI is InChI=1S/C15H26N2O2S2/c1-11(15(2,3)4)17-21(18,19)14-8-7-13(20-14)9-10-16-12-5-6-12/h7-8,11-12,16-17H,5-6,9-10H2,1-4H3. The van der Waals surface area contributed by atoms with Gasteiger partial charge in [-0.2, -0.15) is 0 Å². The van der Waals surface area contributed by atoms with E-state index in [0.717, 1.165) is 17.8 Å². The zero-order valence-corrected chi connectivity index (χ0v) is 14.9. The number of nitrogens with one attached hydrogen (secondary N) is 2. The van der Waals surface area contributed by atoms with Crippen LogP contribution in [0.15, 0.2) is 16.3 Å². The topological polar surface area (TPSA) is 58.2 Å². The highest BCUT2D eigenvalue weighted by molar-refractivity contribution is 7.91. The van der Waals surface area contributed by atoms with Crippen LogP contribution in [0.3, 0.4) is 0 Å². The molecule has 2 N–H and O–H groups in total. The van der Waals surface area contributed by atoms with Crippen molar-refractivity contribution in [3.63, 3.8) is 0 Å². The highest BCUT2D eigenvalue weighted by Crippen LogP contribution is 2.25. The second-order valence-electron chi connectivity index (χ2n) is 6.91. The third-order valence-electron chi connectivity index (χ3n) is 3.91. The summed E-state index contributed by atoms with van der Waals surface area (Å²) in [6.07, 6.45) is 3.45. The Bertz CT molecular complexity index is 569. The van der Waals surface area contributed by atoms with Gasteiger partial charge in [0.2, 0.25) is 10.0 Å². The molecule has 0 bridgehead atoms. The molecule has 0 amide bonds. The Morgan fingerprint density at radius 1 is 1.33 bits per heavy atom. The molecule has 1 unspecified atom stereocenters. The average Bonchev–Trinajstić information content (AvgIpc) is 3.03. The van der Waals surface area contributed by atoms with E-state index in [0.29, 0.717) is 10.3 Å². The molecule has 6 heteroatoms. The normalized spacial score (nSPS) is 17.9. The summed E-state index contributed by atoms with van der Waals surface area (Å²) in [7, 11) is -3.40. The summed E-state index contributed by atoms with van der Waals surface area (Å²) >= 11 is 1.37. The monoisotopic (exact) mass is 330 g/mol. The number of rotatable bonds is 7. The maximum atomic E-state index is 12.4. The minimum atomic E-state index is -3.40. The van der Waals surface area contributed by atoms with Crippen molar-refractivity contribution in [1.82, 2.24) is 10.0 Å². The summed E-state index contributed by atoms with van der Waals surface area (Å²) in [6.45, 7) is 8.93. The van der Waals surface area contributed by atoms with Gasteiger partial charge in [-0.15, -0.1) is 11.3 Å². The zero-order valence-electron chi connectivity index (χ0n) is 13.3. The molecule has 1 aliphatic rings. The Balaban J connectivity index is 1.94. The minimum Gasteiger partial charge on any atom is -0.314 e. The van der Waals surface area contributed by atoms with Crippen molar-refractivity contribution >= 4 is 21.4 Å². The molecule has 0 aromatic carbocycles. The quantitative estimate of drug-likeness (QED) is 0.808. The van der Waals surface area contributed by atoms with Crippen LogP contribution >= 0.6 is 11.3 Å². The molecule has 120 valence electrons. The van der Waals surface area contributed by atoms with E-state index in [1.165, 1.54) is 24.2 Å². The first-order valence-electron chi connectivity index (χ1n) is 7.53. The van der Waals surface area contributed by atoms with Gasteiger partial charge in [-0.05, 0) is 43.7 Å². The Morgan fingerprint density at radius 3 is 2.57 bits per heavy atom. The highest BCUT2D eigenvalue weighted by Gasteiger charge is 2.27. The van der Waals surface area contributed by atoms with Crippen molar-refractivity contribution in [2.24, 2.45) is 5.41 Å². The van der Waals surface area contributed by atoms with Crippen LogP contribution < -0.4 is 10.0 Å². The first-order chi connectivity index (χ1) is 9.68. The summed E-state index contributed by atoms with van der Waals surface area (Å²) in [4.78, 5) is 1.12. The Labute approximate surface area is 132 Å². The highest BCUT2D eigenvalue weighted by atomic mass is 32.2. The molecule has 1 aliphatic carbocycles. The van der Waals surface area contributed by atoms with Crippen LogP contribution in [-0.4, -0.2) is 27.0 Å². The van der Waals surface area contributed by atoms with Gasteiger partial charge >= 0.3 is 0 Å². The average molecular weight is 331 g/mol. The van der Waals surface area contributed by atoms with Crippen LogP contribution in [-0.2, 0) is 16.4 Å². The van der Waals surface area contributed by atoms with Gasteiger partial charge in [-0.1, -0.05) is 20.8 Å². The van der Waals surface area contributed by atoms with Crippen LogP contribution in [0.5, 0.6) is 0 Å². The van der Waals surface area contributed by atoms with Crippen LogP contribution in [0.25, 0.3) is 0 Å². The largest absolute Gasteiger partial charge is 0.314 e. The molecule has 4 nitrogen and oxygen atoms in total. The molecule has 21 heavy (non-hydrogen) atoms. The number of thiophene rings is 1. The summed E-state index contributed by atoms with van der Waals surface area (Å²) < 4.78 is 28.0. The van der Waals surface area contributed by atoms with E-state index >= 15 is 0 Å². The first kappa shape index (κ1) is 16.9. The molecule has 0 spiro atoms. The van der Waals surface area contributed by atoms with E-state index < -0.39 is 10.0 Å². The number of sulfonamides is 1. The van der Waals surface area contributed by atoms with Crippen molar-refractivity contribution in [1.29, 1.82) is 0 Å². The van der Waals surface area contributed by atoms with Gasteiger partial charge in [0.1, 0.15) is 4.21 Å². The summed E-state index contributed by atoms with van der Waals surface area (Å²) in [5.74, 6) is 0. The lowest BCUT2D eigenvalue weighted by atomic mass is 9.89. The third kappa shape index (κ3) is 5.06. The lowest BCUT2D eigenvalue weighted by Crippen LogP contribution is -2.41. The van der Waals surface area contributed by atoms with E-state index in [9.17, 15) is 8.42 Å².